The fourth-order valence-corrected chi connectivity index (χ4v) is 3.37. The zero-order chi connectivity index (χ0) is 12.3. The summed E-state index contributed by atoms with van der Waals surface area (Å²) in [7, 11) is 2.05. The van der Waals surface area contributed by atoms with Gasteiger partial charge in [-0.1, -0.05) is 0 Å². The number of likely N-dealkylation sites (N-methyl/N-ethyl adjacent to an activating group) is 1. The molecule has 0 bridgehead atoms. The van der Waals surface area contributed by atoms with E-state index in [-0.39, 0.29) is 17.9 Å². The van der Waals surface area contributed by atoms with Crippen LogP contribution in [0.25, 0.3) is 0 Å². The third kappa shape index (κ3) is 2.77. The first kappa shape index (κ1) is 12.8. The summed E-state index contributed by atoms with van der Waals surface area (Å²) in [5.41, 5.74) is 3.32. The van der Waals surface area contributed by atoms with Crippen molar-refractivity contribution in [3.63, 3.8) is 0 Å². The average molecular weight is 256 g/mol. The van der Waals surface area contributed by atoms with Crippen molar-refractivity contribution < 1.29 is 4.39 Å². The summed E-state index contributed by atoms with van der Waals surface area (Å²) in [5.74, 6) is 7.35. The first-order chi connectivity index (χ1) is 8.24. The van der Waals surface area contributed by atoms with Crippen LogP contribution in [0.15, 0.2) is 18.5 Å². The van der Waals surface area contributed by atoms with Gasteiger partial charge in [-0.25, -0.2) is 4.39 Å². The van der Waals surface area contributed by atoms with E-state index in [9.17, 15) is 4.39 Å². The molecule has 4 nitrogen and oxygen atoms in total. The molecule has 94 valence electrons. The van der Waals surface area contributed by atoms with Gasteiger partial charge in [-0.2, -0.15) is 11.8 Å². The molecule has 0 amide bonds. The Bertz CT molecular complexity index is 376. The van der Waals surface area contributed by atoms with Crippen molar-refractivity contribution in [3.8, 4) is 0 Å². The normalized spacial score (nSPS) is 23.6. The van der Waals surface area contributed by atoms with Gasteiger partial charge in [0.2, 0.25) is 0 Å². The second-order valence-corrected chi connectivity index (χ2v) is 5.31. The highest BCUT2D eigenvalue weighted by molar-refractivity contribution is 7.99. The number of pyridine rings is 1. The van der Waals surface area contributed by atoms with Gasteiger partial charge in [0.25, 0.3) is 0 Å². The molecule has 0 radical (unpaired) electrons. The summed E-state index contributed by atoms with van der Waals surface area (Å²) in [6, 6.07) is 1.69. The maximum atomic E-state index is 13.7. The number of nitrogens with zero attached hydrogens (tertiary/aromatic N) is 2. The molecule has 2 unspecified atom stereocenters. The van der Waals surface area contributed by atoms with Crippen molar-refractivity contribution in [2.75, 3.05) is 25.1 Å². The topological polar surface area (TPSA) is 54.2 Å². The first-order valence-electron chi connectivity index (χ1n) is 5.57. The van der Waals surface area contributed by atoms with Crippen LogP contribution in [-0.2, 0) is 0 Å². The van der Waals surface area contributed by atoms with E-state index < -0.39 is 0 Å². The molecule has 2 rings (SSSR count). The number of aromatic nitrogens is 1. The van der Waals surface area contributed by atoms with Gasteiger partial charge in [-0.3, -0.25) is 21.2 Å². The fraction of sp³-hybridized carbons (Fsp3) is 0.545. The van der Waals surface area contributed by atoms with Crippen LogP contribution in [0.1, 0.15) is 11.6 Å². The predicted octanol–water partition coefficient (Wildman–Crippen LogP) is 0.772. The Labute approximate surface area is 105 Å². The number of nitrogens with two attached hydrogens (primary N) is 1. The minimum absolute atomic E-state index is 0.198. The fourth-order valence-electron chi connectivity index (χ4n) is 2.10. The molecule has 1 saturated heterocycles. The van der Waals surface area contributed by atoms with Crippen LogP contribution >= 0.6 is 11.8 Å². The molecule has 3 N–H and O–H groups in total. The third-order valence-corrected chi connectivity index (χ3v) is 4.19. The van der Waals surface area contributed by atoms with E-state index in [1.165, 1.54) is 6.20 Å². The molecule has 0 aromatic carbocycles. The summed E-state index contributed by atoms with van der Waals surface area (Å²) in [6.07, 6.45) is 2.83. The lowest BCUT2D eigenvalue weighted by Gasteiger charge is -2.37. The molecular weight excluding hydrogens is 239 g/mol. The number of halogens is 1. The maximum absolute atomic E-state index is 13.7. The monoisotopic (exact) mass is 256 g/mol. The lowest BCUT2D eigenvalue weighted by Crippen LogP contribution is -2.49. The third-order valence-electron chi connectivity index (χ3n) is 3.15. The zero-order valence-electron chi connectivity index (χ0n) is 9.77. The smallest absolute Gasteiger partial charge is 0.146 e. The van der Waals surface area contributed by atoms with Gasteiger partial charge < -0.3 is 0 Å². The van der Waals surface area contributed by atoms with Crippen molar-refractivity contribution in [2.45, 2.75) is 12.1 Å². The van der Waals surface area contributed by atoms with Crippen LogP contribution in [-0.4, -0.2) is 41.0 Å². The Kier molecular flexibility index (Phi) is 4.33. The van der Waals surface area contributed by atoms with Crippen molar-refractivity contribution in [3.05, 3.63) is 29.8 Å². The largest absolute Gasteiger partial charge is 0.300 e. The molecule has 0 saturated carbocycles. The number of hydrogen-bond donors (Lipinski definition) is 2. The van der Waals surface area contributed by atoms with Crippen molar-refractivity contribution in [1.82, 2.24) is 15.3 Å². The molecule has 2 atom stereocenters. The van der Waals surface area contributed by atoms with Gasteiger partial charge in [0.15, 0.2) is 0 Å². The van der Waals surface area contributed by atoms with Gasteiger partial charge in [-0.05, 0) is 13.1 Å². The molecule has 1 aliphatic rings. The number of rotatable bonds is 3. The van der Waals surface area contributed by atoms with Crippen LogP contribution in [0.3, 0.4) is 0 Å². The number of hydrogen-bond acceptors (Lipinski definition) is 5. The van der Waals surface area contributed by atoms with Crippen molar-refractivity contribution in [1.29, 1.82) is 0 Å². The number of nitrogens with one attached hydrogen (secondary N) is 1. The lowest BCUT2D eigenvalue weighted by atomic mass is 10.0. The van der Waals surface area contributed by atoms with Crippen molar-refractivity contribution in [2.24, 2.45) is 5.84 Å². The van der Waals surface area contributed by atoms with E-state index in [1.54, 1.807) is 12.3 Å². The van der Waals surface area contributed by atoms with Gasteiger partial charge >= 0.3 is 0 Å². The summed E-state index contributed by atoms with van der Waals surface area (Å²) < 4.78 is 13.7. The Balaban J connectivity index is 2.23. The lowest BCUT2D eigenvalue weighted by molar-refractivity contribution is 0.213. The van der Waals surface area contributed by atoms with E-state index in [0.29, 0.717) is 5.56 Å². The minimum atomic E-state index is -0.306. The highest BCUT2D eigenvalue weighted by atomic mass is 32.2. The van der Waals surface area contributed by atoms with Crippen molar-refractivity contribution >= 4 is 11.8 Å². The van der Waals surface area contributed by atoms with Gasteiger partial charge in [-0.15, -0.1) is 0 Å². The molecule has 1 aliphatic heterocycles. The van der Waals surface area contributed by atoms with E-state index in [4.69, 9.17) is 5.84 Å². The Hall–Kier alpha value is -0.690. The second-order valence-electron chi connectivity index (χ2n) is 4.16. The summed E-state index contributed by atoms with van der Waals surface area (Å²) >= 11 is 1.88. The minimum Gasteiger partial charge on any atom is -0.300 e. The summed E-state index contributed by atoms with van der Waals surface area (Å²) in [5, 5.41) is 0. The molecule has 0 aliphatic carbocycles. The van der Waals surface area contributed by atoms with Crippen LogP contribution in [0.4, 0.5) is 4.39 Å². The van der Waals surface area contributed by atoms with Crippen LogP contribution in [0.5, 0.6) is 0 Å². The average Bonchev–Trinajstić information content (AvgIpc) is 2.34. The molecule has 1 aromatic rings. The highest BCUT2D eigenvalue weighted by Gasteiger charge is 2.30. The molecule has 2 heterocycles. The highest BCUT2D eigenvalue weighted by Crippen LogP contribution is 2.27. The van der Waals surface area contributed by atoms with E-state index >= 15 is 0 Å². The first-order valence-corrected chi connectivity index (χ1v) is 6.73. The quantitative estimate of drug-likeness (QED) is 0.618. The van der Waals surface area contributed by atoms with E-state index in [0.717, 1.165) is 18.1 Å². The molecule has 6 heteroatoms. The Morgan fingerprint density at radius 2 is 2.53 bits per heavy atom. The molecule has 1 fully saturated rings. The maximum Gasteiger partial charge on any atom is 0.146 e. The van der Waals surface area contributed by atoms with Crippen LogP contribution in [0.2, 0.25) is 0 Å². The Morgan fingerprint density at radius 3 is 3.18 bits per heavy atom. The number of hydrazine groups is 1. The zero-order valence-corrected chi connectivity index (χ0v) is 10.6. The van der Waals surface area contributed by atoms with E-state index in [1.807, 2.05) is 18.8 Å². The standard InChI is InChI=1S/C11H17FN4S/c1-16-4-5-17-7-10(16)11(15-13)8-2-3-14-6-9(8)12/h2-3,6,10-11,15H,4-5,7,13H2,1H3. The van der Waals surface area contributed by atoms with Gasteiger partial charge in [0, 0.05) is 35.9 Å². The van der Waals surface area contributed by atoms with E-state index in [2.05, 4.69) is 15.3 Å². The SMILES string of the molecule is CN1CCSCC1C(NN)c1ccncc1F. The summed E-state index contributed by atoms with van der Waals surface area (Å²) in [6.45, 7) is 1.00. The van der Waals surface area contributed by atoms with Gasteiger partial charge in [0.05, 0.1) is 12.2 Å². The molecule has 17 heavy (non-hydrogen) atoms. The second kappa shape index (κ2) is 5.77. The van der Waals surface area contributed by atoms with Gasteiger partial charge in [0.1, 0.15) is 5.82 Å². The molecule has 1 aromatic heterocycles. The Morgan fingerprint density at radius 1 is 1.71 bits per heavy atom. The summed E-state index contributed by atoms with van der Waals surface area (Å²) in [4.78, 5) is 5.99. The van der Waals surface area contributed by atoms with Crippen LogP contribution < -0.4 is 11.3 Å². The number of thioether (sulfide) groups is 1. The molecular formula is C11H17FN4S. The molecule has 0 spiro atoms. The van der Waals surface area contributed by atoms with Crippen LogP contribution in [0, 0.1) is 5.82 Å². The predicted molar refractivity (Wildman–Crippen MR) is 68.0 cm³/mol.